The number of amides is 1. The van der Waals surface area contributed by atoms with E-state index in [9.17, 15) is 4.79 Å². The fourth-order valence-electron chi connectivity index (χ4n) is 2.65. The number of rotatable bonds is 6. The highest BCUT2D eigenvalue weighted by Crippen LogP contribution is 2.28. The van der Waals surface area contributed by atoms with E-state index in [4.69, 9.17) is 5.73 Å². The van der Waals surface area contributed by atoms with Gasteiger partial charge in [-0.1, -0.05) is 18.3 Å². The number of carbonyl (C=O) groups is 1. The van der Waals surface area contributed by atoms with Gasteiger partial charge in [-0.05, 0) is 39.3 Å². The number of nitrogens with two attached hydrogens (primary N) is 1. The molecule has 0 unspecified atom stereocenters. The lowest BCUT2D eigenvalue weighted by Crippen LogP contribution is -2.46. The van der Waals surface area contributed by atoms with Crippen molar-refractivity contribution in [3.8, 4) is 0 Å². The Morgan fingerprint density at radius 2 is 2.19 bits per heavy atom. The monoisotopic (exact) mass is 311 g/mol. The van der Waals surface area contributed by atoms with Crippen molar-refractivity contribution in [3.05, 3.63) is 4.88 Å². The van der Waals surface area contributed by atoms with Gasteiger partial charge in [-0.25, -0.2) is 4.98 Å². The average Bonchev–Trinajstić information content (AvgIpc) is 2.86. The topological polar surface area (TPSA) is 83.3 Å². The Hall–Kier alpha value is -1.34. The van der Waals surface area contributed by atoms with Crippen molar-refractivity contribution < 1.29 is 4.79 Å². The number of nitrogens with zero attached hydrogens (tertiary/aromatic N) is 2. The fourth-order valence-corrected chi connectivity index (χ4v) is 3.56. The molecule has 6 nitrogen and oxygen atoms in total. The first-order valence-electron chi connectivity index (χ1n) is 7.69. The minimum atomic E-state index is 0.0305. The molecule has 1 amide bonds. The summed E-state index contributed by atoms with van der Waals surface area (Å²) in [7, 11) is 0. The van der Waals surface area contributed by atoms with Crippen LogP contribution in [0.3, 0.4) is 0 Å². The molecule has 4 N–H and O–H groups in total. The van der Waals surface area contributed by atoms with E-state index in [1.165, 1.54) is 11.3 Å². The molecule has 1 fully saturated rings. The molecule has 1 aromatic rings. The maximum atomic E-state index is 12.8. The summed E-state index contributed by atoms with van der Waals surface area (Å²) in [5.74, 6) is 0.374. The van der Waals surface area contributed by atoms with Gasteiger partial charge in [0.1, 0.15) is 10.7 Å². The predicted molar refractivity (Wildman–Crippen MR) is 87.9 cm³/mol. The summed E-state index contributed by atoms with van der Waals surface area (Å²) in [5.41, 5.74) is 5.94. The van der Waals surface area contributed by atoms with Crippen molar-refractivity contribution in [2.45, 2.75) is 39.2 Å². The SMILES string of the molecule is CCCN(C(=O)c1sc(NCC)nc1N)C1CCNCC1. The van der Waals surface area contributed by atoms with E-state index < -0.39 is 0 Å². The van der Waals surface area contributed by atoms with Gasteiger partial charge in [0.05, 0.1) is 0 Å². The number of thiazole rings is 1. The van der Waals surface area contributed by atoms with Crippen molar-refractivity contribution in [2.24, 2.45) is 0 Å². The van der Waals surface area contributed by atoms with Crippen LogP contribution in [0.25, 0.3) is 0 Å². The molecule has 0 saturated carbocycles. The standard InChI is InChI=1S/C14H25N5OS/c1-3-9-19(10-5-7-16-8-6-10)13(20)11-12(15)18-14(21-11)17-4-2/h10,16H,3-9,15H2,1-2H3,(H,17,18). The highest BCUT2D eigenvalue weighted by Gasteiger charge is 2.28. The molecule has 1 aliphatic rings. The van der Waals surface area contributed by atoms with Crippen LogP contribution in [-0.4, -0.2) is 48.0 Å². The number of carbonyl (C=O) groups excluding carboxylic acids is 1. The first-order chi connectivity index (χ1) is 10.2. The Bertz CT molecular complexity index is 470. The van der Waals surface area contributed by atoms with Gasteiger partial charge in [-0.2, -0.15) is 0 Å². The molecule has 0 aromatic carbocycles. The number of hydrogen-bond acceptors (Lipinski definition) is 6. The Morgan fingerprint density at radius 1 is 1.48 bits per heavy atom. The second-order valence-electron chi connectivity index (χ2n) is 5.24. The lowest BCUT2D eigenvalue weighted by Gasteiger charge is -2.34. The Kier molecular flexibility index (Phi) is 5.81. The van der Waals surface area contributed by atoms with Gasteiger partial charge in [0.25, 0.3) is 5.91 Å². The molecule has 0 aliphatic carbocycles. The highest BCUT2D eigenvalue weighted by molar-refractivity contribution is 7.18. The number of piperidine rings is 1. The maximum absolute atomic E-state index is 12.8. The average molecular weight is 311 g/mol. The first-order valence-corrected chi connectivity index (χ1v) is 8.50. The molecule has 0 bridgehead atoms. The summed E-state index contributed by atoms with van der Waals surface area (Å²) in [6.07, 6.45) is 2.96. The third kappa shape index (κ3) is 3.85. The van der Waals surface area contributed by atoms with Gasteiger partial charge in [0.2, 0.25) is 0 Å². The zero-order chi connectivity index (χ0) is 15.2. The van der Waals surface area contributed by atoms with Crippen molar-refractivity contribution >= 4 is 28.2 Å². The minimum Gasteiger partial charge on any atom is -0.382 e. The van der Waals surface area contributed by atoms with Crippen molar-refractivity contribution in [1.29, 1.82) is 0 Å². The number of hydrogen-bond donors (Lipinski definition) is 3. The first kappa shape index (κ1) is 16.0. The zero-order valence-electron chi connectivity index (χ0n) is 12.8. The molecule has 2 heterocycles. The van der Waals surface area contributed by atoms with Crippen LogP contribution in [0.2, 0.25) is 0 Å². The Labute approximate surface area is 130 Å². The lowest BCUT2D eigenvalue weighted by molar-refractivity contribution is 0.0648. The van der Waals surface area contributed by atoms with E-state index in [2.05, 4.69) is 22.5 Å². The number of nitrogen functional groups attached to an aromatic ring is 1. The molecule has 0 atom stereocenters. The van der Waals surface area contributed by atoms with E-state index in [0.717, 1.165) is 50.6 Å². The summed E-state index contributed by atoms with van der Waals surface area (Å²) in [4.78, 5) is 19.6. The number of anilines is 2. The van der Waals surface area contributed by atoms with E-state index in [0.29, 0.717) is 16.7 Å². The van der Waals surface area contributed by atoms with Crippen LogP contribution in [0.1, 0.15) is 42.8 Å². The lowest BCUT2D eigenvalue weighted by atomic mass is 10.0. The van der Waals surface area contributed by atoms with Gasteiger partial charge in [-0.3, -0.25) is 4.79 Å². The Morgan fingerprint density at radius 3 is 2.81 bits per heavy atom. The molecule has 2 rings (SSSR count). The molecule has 0 spiro atoms. The predicted octanol–water partition coefficient (Wildman–Crippen LogP) is 1.76. The van der Waals surface area contributed by atoms with Gasteiger partial charge in [-0.15, -0.1) is 0 Å². The summed E-state index contributed by atoms with van der Waals surface area (Å²) < 4.78 is 0. The minimum absolute atomic E-state index is 0.0305. The molecule has 1 aliphatic heterocycles. The number of aromatic nitrogens is 1. The molecular weight excluding hydrogens is 286 g/mol. The largest absolute Gasteiger partial charge is 0.382 e. The smallest absolute Gasteiger partial charge is 0.268 e. The van der Waals surface area contributed by atoms with Crippen LogP contribution in [-0.2, 0) is 0 Å². The van der Waals surface area contributed by atoms with E-state index in [1.54, 1.807) is 0 Å². The van der Waals surface area contributed by atoms with Crippen LogP contribution in [0.5, 0.6) is 0 Å². The zero-order valence-corrected chi connectivity index (χ0v) is 13.6. The molecule has 7 heteroatoms. The molecule has 21 heavy (non-hydrogen) atoms. The molecular formula is C14H25N5OS. The second kappa shape index (κ2) is 7.61. The Balaban J connectivity index is 2.16. The van der Waals surface area contributed by atoms with Crippen molar-refractivity contribution in [3.63, 3.8) is 0 Å². The third-order valence-electron chi connectivity index (χ3n) is 3.65. The van der Waals surface area contributed by atoms with E-state index >= 15 is 0 Å². The molecule has 0 radical (unpaired) electrons. The van der Waals surface area contributed by atoms with E-state index in [-0.39, 0.29) is 5.91 Å². The highest BCUT2D eigenvalue weighted by atomic mass is 32.1. The van der Waals surface area contributed by atoms with Gasteiger partial charge >= 0.3 is 0 Å². The van der Waals surface area contributed by atoms with Gasteiger partial charge in [0.15, 0.2) is 5.13 Å². The summed E-state index contributed by atoms with van der Waals surface area (Å²) in [5, 5.41) is 7.18. The molecule has 1 aromatic heterocycles. The van der Waals surface area contributed by atoms with Gasteiger partial charge in [0, 0.05) is 19.1 Å². The molecule has 1 saturated heterocycles. The van der Waals surface area contributed by atoms with Crippen molar-refractivity contribution in [1.82, 2.24) is 15.2 Å². The van der Waals surface area contributed by atoms with Crippen LogP contribution in [0, 0.1) is 0 Å². The van der Waals surface area contributed by atoms with Gasteiger partial charge < -0.3 is 21.3 Å². The van der Waals surface area contributed by atoms with Crippen LogP contribution >= 0.6 is 11.3 Å². The van der Waals surface area contributed by atoms with Crippen LogP contribution < -0.4 is 16.4 Å². The fraction of sp³-hybridized carbons (Fsp3) is 0.714. The third-order valence-corrected chi connectivity index (χ3v) is 4.67. The van der Waals surface area contributed by atoms with Crippen molar-refractivity contribution in [2.75, 3.05) is 37.2 Å². The number of nitrogens with one attached hydrogen (secondary N) is 2. The van der Waals surface area contributed by atoms with E-state index in [1.807, 2.05) is 11.8 Å². The normalized spacial score (nSPS) is 15.9. The maximum Gasteiger partial charge on any atom is 0.268 e. The summed E-state index contributed by atoms with van der Waals surface area (Å²) >= 11 is 1.36. The van der Waals surface area contributed by atoms with Crippen LogP contribution in [0.15, 0.2) is 0 Å². The molecule has 118 valence electrons. The summed E-state index contributed by atoms with van der Waals surface area (Å²) in [6.45, 7) is 7.59. The van der Waals surface area contributed by atoms with Crippen LogP contribution in [0.4, 0.5) is 10.9 Å². The second-order valence-corrected chi connectivity index (χ2v) is 6.24. The summed E-state index contributed by atoms with van der Waals surface area (Å²) in [6, 6.07) is 0.308. The quantitative estimate of drug-likeness (QED) is 0.745.